The lowest BCUT2D eigenvalue weighted by Crippen LogP contribution is -2.33. The molecule has 7 heteroatoms. The average Bonchev–Trinajstić information content (AvgIpc) is 2.74. The zero-order valence-electron chi connectivity index (χ0n) is 17.0. The number of aliphatic hydroxyl groups excluding tert-OH is 1. The van der Waals surface area contributed by atoms with Crippen molar-refractivity contribution in [3.8, 4) is 11.4 Å². The summed E-state index contributed by atoms with van der Waals surface area (Å²) in [7, 11) is 0. The summed E-state index contributed by atoms with van der Waals surface area (Å²) in [6, 6.07) is 13.1. The molecule has 30 heavy (non-hydrogen) atoms. The van der Waals surface area contributed by atoms with Gasteiger partial charge >= 0.3 is 0 Å². The molecule has 0 fully saturated rings. The van der Waals surface area contributed by atoms with Crippen LogP contribution in [0.25, 0.3) is 11.4 Å². The van der Waals surface area contributed by atoms with E-state index >= 15 is 0 Å². The normalized spacial score (nSPS) is 10.8. The highest BCUT2D eigenvalue weighted by Gasteiger charge is 2.18. The number of carbonyl (C=O) groups excluding carboxylic acids is 1. The summed E-state index contributed by atoms with van der Waals surface area (Å²) >= 11 is 0. The summed E-state index contributed by atoms with van der Waals surface area (Å²) in [6.45, 7) is 3.22. The molecule has 0 spiro atoms. The lowest BCUT2D eigenvalue weighted by Gasteiger charge is -2.16. The van der Waals surface area contributed by atoms with Crippen LogP contribution >= 0.6 is 0 Å². The number of amides is 1. The molecule has 0 atom stereocenters. The molecule has 1 heterocycles. The molecule has 0 aliphatic rings. The lowest BCUT2D eigenvalue weighted by atomic mass is 10.1. The molecule has 156 valence electrons. The average molecular weight is 409 g/mol. The molecule has 1 amide bonds. The fourth-order valence-corrected chi connectivity index (χ4v) is 3.35. The smallest absolute Gasteiger partial charge is 0.257 e. The maximum absolute atomic E-state index is 13.4. The van der Waals surface area contributed by atoms with Gasteiger partial charge in [0, 0.05) is 35.5 Å². The molecule has 0 saturated heterocycles. The number of rotatable bonds is 7. The van der Waals surface area contributed by atoms with Crippen LogP contribution in [0.3, 0.4) is 0 Å². The molecular weight excluding hydrogens is 385 g/mol. The predicted molar refractivity (Wildman–Crippen MR) is 114 cm³/mol. The highest BCUT2D eigenvalue weighted by atomic mass is 19.1. The number of carbonyl (C=O) groups is 1. The van der Waals surface area contributed by atoms with E-state index in [2.05, 4.69) is 10.3 Å². The van der Waals surface area contributed by atoms with Crippen LogP contribution in [0.5, 0.6) is 0 Å². The maximum atomic E-state index is 13.4. The van der Waals surface area contributed by atoms with Crippen LogP contribution in [-0.4, -0.2) is 27.2 Å². The first-order valence-electron chi connectivity index (χ1n) is 9.79. The summed E-state index contributed by atoms with van der Waals surface area (Å²) in [4.78, 5) is 30.4. The minimum Gasteiger partial charge on any atom is -0.396 e. The van der Waals surface area contributed by atoms with Crippen LogP contribution < -0.4 is 10.9 Å². The second kappa shape index (κ2) is 9.45. The Hall–Kier alpha value is -3.32. The highest BCUT2D eigenvalue weighted by molar-refractivity contribution is 5.91. The zero-order valence-corrected chi connectivity index (χ0v) is 17.0. The van der Waals surface area contributed by atoms with Crippen LogP contribution in [-0.2, 0) is 24.2 Å². The number of hydrogen-bond acceptors (Lipinski definition) is 4. The number of nitrogens with one attached hydrogen (secondary N) is 1. The van der Waals surface area contributed by atoms with Gasteiger partial charge in [0.05, 0.1) is 0 Å². The minimum absolute atomic E-state index is 0.141. The first-order valence-corrected chi connectivity index (χ1v) is 9.79. The Morgan fingerprint density at radius 3 is 2.53 bits per heavy atom. The van der Waals surface area contributed by atoms with Crippen molar-refractivity contribution in [2.75, 3.05) is 11.9 Å². The number of hydrogen-bond donors (Lipinski definition) is 2. The van der Waals surface area contributed by atoms with E-state index in [4.69, 9.17) is 0 Å². The van der Waals surface area contributed by atoms with Gasteiger partial charge in [0.25, 0.3) is 5.56 Å². The van der Waals surface area contributed by atoms with E-state index in [1.807, 2.05) is 31.2 Å². The van der Waals surface area contributed by atoms with E-state index in [1.54, 1.807) is 6.92 Å². The van der Waals surface area contributed by atoms with Gasteiger partial charge in [-0.3, -0.25) is 14.2 Å². The number of nitrogens with zero attached hydrogens (tertiary/aromatic N) is 2. The third kappa shape index (κ3) is 4.63. The molecular formula is C23H24FN3O3. The number of halogens is 1. The van der Waals surface area contributed by atoms with E-state index in [0.29, 0.717) is 22.5 Å². The van der Waals surface area contributed by atoms with Gasteiger partial charge in [-0.25, -0.2) is 9.37 Å². The number of aromatic nitrogens is 2. The third-order valence-electron chi connectivity index (χ3n) is 4.91. The van der Waals surface area contributed by atoms with Crippen LogP contribution in [0.4, 0.5) is 10.1 Å². The zero-order chi connectivity index (χ0) is 21.7. The van der Waals surface area contributed by atoms with Crippen molar-refractivity contribution < 1.29 is 14.3 Å². The maximum Gasteiger partial charge on any atom is 0.257 e. The molecule has 0 aliphatic heterocycles. The molecule has 2 N–H and O–H groups in total. The van der Waals surface area contributed by atoms with Crippen molar-refractivity contribution in [3.05, 3.63) is 81.5 Å². The van der Waals surface area contributed by atoms with E-state index in [9.17, 15) is 19.1 Å². The lowest BCUT2D eigenvalue weighted by molar-refractivity contribution is -0.116. The molecule has 0 bridgehead atoms. The van der Waals surface area contributed by atoms with Crippen molar-refractivity contribution >= 4 is 11.6 Å². The van der Waals surface area contributed by atoms with E-state index in [0.717, 1.165) is 12.0 Å². The fraction of sp³-hybridized carbons (Fsp3) is 0.261. The minimum atomic E-state index is -0.407. The molecule has 3 rings (SSSR count). The number of aryl methyl sites for hydroxylation is 2. The summed E-state index contributed by atoms with van der Waals surface area (Å²) < 4.78 is 14.6. The van der Waals surface area contributed by atoms with E-state index in [1.165, 1.54) is 28.8 Å². The van der Waals surface area contributed by atoms with Crippen molar-refractivity contribution in [1.82, 2.24) is 9.55 Å². The molecule has 0 unspecified atom stereocenters. The largest absolute Gasteiger partial charge is 0.396 e. The van der Waals surface area contributed by atoms with Crippen LogP contribution in [0.15, 0.2) is 53.3 Å². The standard InChI is InChI=1S/C23H24FN3O3/c1-3-16-6-4-5-7-20(16)26-21(29)14-27-22(17-8-10-18(24)11-9-17)25-15(2)19(12-13-28)23(27)30/h4-11,28H,3,12-14H2,1-2H3,(H,26,29). The van der Waals surface area contributed by atoms with E-state index in [-0.39, 0.29) is 31.3 Å². The number of aliphatic hydroxyl groups is 1. The van der Waals surface area contributed by atoms with E-state index < -0.39 is 11.4 Å². The second-order valence-electron chi connectivity index (χ2n) is 6.93. The Morgan fingerprint density at radius 1 is 1.17 bits per heavy atom. The van der Waals surface area contributed by atoms with Crippen molar-refractivity contribution in [2.24, 2.45) is 0 Å². The molecule has 3 aromatic rings. The number of benzene rings is 2. The van der Waals surface area contributed by atoms with Gasteiger partial charge in [0.15, 0.2) is 0 Å². The van der Waals surface area contributed by atoms with Crippen molar-refractivity contribution in [1.29, 1.82) is 0 Å². The Balaban J connectivity index is 2.02. The number of para-hydroxylation sites is 1. The highest BCUT2D eigenvalue weighted by Crippen LogP contribution is 2.19. The third-order valence-corrected chi connectivity index (χ3v) is 4.91. The number of anilines is 1. The van der Waals surface area contributed by atoms with Crippen LogP contribution in [0, 0.1) is 12.7 Å². The van der Waals surface area contributed by atoms with Gasteiger partial charge < -0.3 is 10.4 Å². The van der Waals surface area contributed by atoms with Crippen molar-refractivity contribution in [3.63, 3.8) is 0 Å². The quantitative estimate of drug-likeness (QED) is 0.628. The summed E-state index contributed by atoms with van der Waals surface area (Å²) in [5, 5.41) is 12.2. The Bertz CT molecular complexity index is 1110. The molecule has 0 saturated carbocycles. The summed E-state index contributed by atoms with van der Waals surface area (Å²) in [5.74, 6) is -0.504. The molecule has 2 aromatic carbocycles. The van der Waals surface area contributed by atoms with Gasteiger partial charge in [-0.15, -0.1) is 0 Å². The molecule has 6 nitrogen and oxygen atoms in total. The Kier molecular flexibility index (Phi) is 6.74. The topological polar surface area (TPSA) is 84.2 Å². The molecule has 1 aromatic heterocycles. The molecule has 0 aliphatic carbocycles. The Labute approximate surface area is 174 Å². The first-order chi connectivity index (χ1) is 14.4. The second-order valence-corrected chi connectivity index (χ2v) is 6.93. The van der Waals surface area contributed by atoms with Gasteiger partial charge in [-0.1, -0.05) is 25.1 Å². The fourth-order valence-electron chi connectivity index (χ4n) is 3.35. The summed E-state index contributed by atoms with van der Waals surface area (Å²) in [6.07, 6.45) is 0.894. The summed E-state index contributed by atoms with van der Waals surface area (Å²) in [5.41, 5.74) is 2.63. The van der Waals surface area contributed by atoms with Crippen LogP contribution in [0.1, 0.15) is 23.7 Å². The van der Waals surface area contributed by atoms with Gasteiger partial charge in [-0.05, 0) is 49.2 Å². The van der Waals surface area contributed by atoms with Crippen LogP contribution in [0.2, 0.25) is 0 Å². The van der Waals surface area contributed by atoms with Gasteiger partial charge in [0.1, 0.15) is 18.2 Å². The van der Waals surface area contributed by atoms with Gasteiger partial charge in [-0.2, -0.15) is 0 Å². The Morgan fingerprint density at radius 2 is 1.87 bits per heavy atom. The molecule has 0 radical (unpaired) electrons. The van der Waals surface area contributed by atoms with Crippen molar-refractivity contribution in [2.45, 2.75) is 33.2 Å². The predicted octanol–water partition coefficient (Wildman–Crippen LogP) is 3.09. The first kappa shape index (κ1) is 21.4. The monoisotopic (exact) mass is 409 g/mol. The SMILES string of the molecule is CCc1ccccc1NC(=O)Cn1c(-c2ccc(F)cc2)nc(C)c(CCO)c1=O. The van der Waals surface area contributed by atoms with Gasteiger partial charge in [0.2, 0.25) is 5.91 Å².